The smallest absolute Gasteiger partial charge is 0.265 e. The van der Waals surface area contributed by atoms with Gasteiger partial charge in [0.2, 0.25) is 5.91 Å². The number of benzene rings is 2. The van der Waals surface area contributed by atoms with Crippen molar-refractivity contribution in [3.8, 4) is 5.75 Å². The molecule has 2 amide bonds. The van der Waals surface area contributed by atoms with Crippen LogP contribution in [0.25, 0.3) is 0 Å². The van der Waals surface area contributed by atoms with E-state index in [-0.39, 0.29) is 17.6 Å². The minimum absolute atomic E-state index is 0.0678. The number of ketones is 1. The van der Waals surface area contributed by atoms with Crippen LogP contribution in [-0.2, 0) is 9.59 Å². The van der Waals surface area contributed by atoms with E-state index in [1.165, 1.54) is 13.8 Å². The van der Waals surface area contributed by atoms with Crippen molar-refractivity contribution in [2.24, 2.45) is 0 Å². The largest absolute Gasteiger partial charge is 0.481 e. The molecule has 0 heterocycles. The second-order valence-electron chi connectivity index (χ2n) is 5.59. The molecule has 0 bridgehead atoms. The molecule has 0 radical (unpaired) electrons. The van der Waals surface area contributed by atoms with Crippen molar-refractivity contribution >= 4 is 29.0 Å². The number of carbonyl (C=O) groups is 3. The van der Waals surface area contributed by atoms with Crippen LogP contribution in [0.5, 0.6) is 5.75 Å². The van der Waals surface area contributed by atoms with E-state index in [1.54, 1.807) is 55.5 Å². The van der Waals surface area contributed by atoms with Gasteiger partial charge in [-0.05, 0) is 50.2 Å². The number of hydrogen-bond acceptors (Lipinski definition) is 4. The highest BCUT2D eigenvalue weighted by molar-refractivity contribution is 5.95. The maximum absolute atomic E-state index is 12.2. The van der Waals surface area contributed by atoms with Gasteiger partial charge in [0, 0.05) is 23.9 Å². The van der Waals surface area contributed by atoms with Crippen LogP contribution >= 0.6 is 0 Å². The minimum atomic E-state index is -0.739. The molecule has 2 N–H and O–H groups in total. The van der Waals surface area contributed by atoms with E-state index >= 15 is 0 Å². The Kier molecular flexibility index (Phi) is 5.89. The van der Waals surface area contributed by atoms with E-state index in [2.05, 4.69) is 10.6 Å². The SMILES string of the molecule is CC(=O)Nc1ccc(NC(=O)[C@@H](C)Oc2cccc(C(C)=O)c2)cc1. The topological polar surface area (TPSA) is 84.5 Å². The summed E-state index contributed by atoms with van der Waals surface area (Å²) in [4.78, 5) is 34.6. The van der Waals surface area contributed by atoms with E-state index < -0.39 is 6.10 Å². The molecule has 2 aromatic carbocycles. The van der Waals surface area contributed by atoms with Crippen LogP contribution in [0, 0.1) is 0 Å². The van der Waals surface area contributed by atoms with Gasteiger partial charge >= 0.3 is 0 Å². The van der Waals surface area contributed by atoms with Crippen LogP contribution in [0.15, 0.2) is 48.5 Å². The van der Waals surface area contributed by atoms with Gasteiger partial charge in [0.05, 0.1) is 0 Å². The lowest BCUT2D eigenvalue weighted by Gasteiger charge is -2.15. The molecule has 0 aliphatic carbocycles. The average molecular weight is 340 g/mol. The van der Waals surface area contributed by atoms with Crippen molar-refractivity contribution in [1.29, 1.82) is 0 Å². The quantitative estimate of drug-likeness (QED) is 0.791. The van der Waals surface area contributed by atoms with Crippen molar-refractivity contribution in [3.63, 3.8) is 0 Å². The van der Waals surface area contributed by atoms with Crippen molar-refractivity contribution < 1.29 is 19.1 Å². The van der Waals surface area contributed by atoms with E-state index in [1.807, 2.05) is 0 Å². The highest BCUT2D eigenvalue weighted by Gasteiger charge is 2.15. The van der Waals surface area contributed by atoms with Crippen molar-refractivity contribution in [1.82, 2.24) is 0 Å². The number of rotatable bonds is 6. The van der Waals surface area contributed by atoms with E-state index in [9.17, 15) is 14.4 Å². The summed E-state index contributed by atoms with van der Waals surface area (Å²) in [6, 6.07) is 13.5. The molecule has 2 aromatic rings. The summed E-state index contributed by atoms with van der Waals surface area (Å²) < 4.78 is 5.59. The minimum Gasteiger partial charge on any atom is -0.481 e. The van der Waals surface area contributed by atoms with Gasteiger partial charge in [-0.2, -0.15) is 0 Å². The van der Waals surface area contributed by atoms with Gasteiger partial charge in [0.15, 0.2) is 11.9 Å². The average Bonchev–Trinajstić information content (AvgIpc) is 2.56. The molecular weight excluding hydrogens is 320 g/mol. The summed E-state index contributed by atoms with van der Waals surface area (Å²) in [7, 11) is 0. The molecule has 130 valence electrons. The lowest BCUT2D eigenvalue weighted by atomic mass is 10.1. The Bertz CT molecular complexity index is 784. The van der Waals surface area contributed by atoms with Crippen molar-refractivity contribution in [2.45, 2.75) is 26.9 Å². The molecule has 0 saturated carbocycles. The van der Waals surface area contributed by atoms with Crippen molar-refractivity contribution in [3.05, 3.63) is 54.1 Å². The maximum atomic E-state index is 12.2. The number of amides is 2. The normalized spacial score (nSPS) is 11.3. The maximum Gasteiger partial charge on any atom is 0.265 e. The summed E-state index contributed by atoms with van der Waals surface area (Å²) in [6.07, 6.45) is -0.739. The fraction of sp³-hybridized carbons (Fsp3) is 0.211. The lowest BCUT2D eigenvalue weighted by Crippen LogP contribution is -2.30. The van der Waals surface area contributed by atoms with Gasteiger partial charge in [-0.3, -0.25) is 14.4 Å². The fourth-order valence-electron chi connectivity index (χ4n) is 2.13. The first-order valence-corrected chi connectivity index (χ1v) is 7.81. The Hall–Kier alpha value is -3.15. The molecule has 0 aromatic heterocycles. The number of anilines is 2. The zero-order valence-electron chi connectivity index (χ0n) is 14.3. The fourth-order valence-corrected chi connectivity index (χ4v) is 2.13. The highest BCUT2D eigenvalue weighted by Crippen LogP contribution is 2.17. The van der Waals surface area contributed by atoms with Crippen LogP contribution in [0.3, 0.4) is 0 Å². The first kappa shape index (κ1) is 18.2. The number of carbonyl (C=O) groups excluding carboxylic acids is 3. The van der Waals surface area contributed by atoms with Crippen LogP contribution in [0.1, 0.15) is 31.1 Å². The highest BCUT2D eigenvalue weighted by atomic mass is 16.5. The predicted molar refractivity (Wildman–Crippen MR) is 95.9 cm³/mol. The van der Waals surface area contributed by atoms with E-state index in [4.69, 9.17) is 4.74 Å². The molecule has 25 heavy (non-hydrogen) atoms. The molecule has 0 fully saturated rings. The van der Waals surface area contributed by atoms with Crippen LogP contribution < -0.4 is 15.4 Å². The molecule has 1 atom stereocenters. The summed E-state index contributed by atoms with van der Waals surface area (Å²) in [6.45, 7) is 4.52. The van der Waals surface area contributed by atoms with E-state index in [0.29, 0.717) is 22.7 Å². The molecule has 0 aliphatic heterocycles. The summed E-state index contributed by atoms with van der Waals surface area (Å²) in [5, 5.41) is 5.39. The third-order valence-electron chi connectivity index (χ3n) is 3.40. The van der Waals surface area contributed by atoms with Gasteiger partial charge in [0.1, 0.15) is 5.75 Å². The Morgan fingerprint density at radius 2 is 1.52 bits per heavy atom. The van der Waals surface area contributed by atoms with Gasteiger partial charge in [-0.1, -0.05) is 12.1 Å². The third-order valence-corrected chi connectivity index (χ3v) is 3.40. The number of hydrogen-bond donors (Lipinski definition) is 2. The van der Waals surface area contributed by atoms with Gasteiger partial charge in [0.25, 0.3) is 5.91 Å². The lowest BCUT2D eigenvalue weighted by molar-refractivity contribution is -0.122. The zero-order valence-corrected chi connectivity index (χ0v) is 14.3. The molecule has 0 spiro atoms. The molecule has 6 heteroatoms. The molecule has 2 rings (SSSR count). The Morgan fingerprint density at radius 1 is 0.920 bits per heavy atom. The molecule has 0 aliphatic rings. The Labute approximate surface area is 146 Å². The van der Waals surface area contributed by atoms with Crippen LogP contribution in [0.2, 0.25) is 0 Å². The predicted octanol–water partition coefficient (Wildman–Crippen LogP) is 3.25. The zero-order chi connectivity index (χ0) is 18.4. The van der Waals surface area contributed by atoms with Gasteiger partial charge in [-0.15, -0.1) is 0 Å². The number of nitrogens with one attached hydrogen (secondary N) is 2. The summed E-state index contributed by atoms with van der Waals surface area (Å²) >= 11 is 0. The molecular formula is C19H20N2O4. The molecule has 0 unspecified atom stereocenters. The molecule has 6 nitrogen and oxygen atoms in total. The Balaban J connectivity index is 1.97. The van der Waals surface area contributed by atoms with Gasteiger partial charge < -0.3 is 15.4 Å². The monoisotopic (exact) mass is 340 g/mol. The number of ether oxygens (including phenoxy) is 1. The van der Waals surface area contributed by atoms with E-state index in [0.717, 1.165) is 0 Å². The first-order valence-electron chi connectivity index (χ1n) is 7.81. The number of Topliss-reactive ketones (excluding diaryl/α,β-unsaturated/α-hetero) is 1. The third kappa shape index (κ3) is 5.46. The summed E-state index contributed by atoms with van der Waals surface area (Å²) in [5.74, 6) is -0.0923. The van der Waals surface area contributed by atoms with Crippen molar-refractivity contribution in [2.75, 3.05) is 10.6 Å². The van der Waals surface area contributed by atoms with Crippen LogP contribution in [0.4, 0.5) is 11.4 Å². The Morgan fingerprint density at radius 3 is 2.08 bits per heavy atom. The van der Waals surface area contributed by atoms with Gasteiger partial charge in [-0.25, -0.2) is 0 Å². The summed E-state index contributed by atoms with van der Waals surface area (Å²) in [5.41, 5.74) is 1.77. The first-order chi connectivity index (χ1) is 11.8. The molecule has 0 saturated heterocycles. The second kappa shape index (κ2) is 8.10. The standard InChI is InChI=1S/C19H20N2O4/c1-12(22)15-5-4-6-18(11-15)25-13(2)19(24)21-17-9-7-16(8-10-17)20-14(3)23/h4-11,13H,1-3H3,(H,20,23)(H,21,24)/t13-/m1/s1. The second-order valence-corrected chi connectivity index (χ2v) is 5.59. The van der Waals surface area contributed by atoms with Crippen LogP contribution in [-0.4, -0.2) is 23.7 Å².